The molecule has 1 saturated heterocycles. The zero-order valence-electron chi connectivity index (χ0n) is 10.7. The van der Waals surface area contributed by atoms with Crippen molar-refractivity contribution in [3.05, 3.63) is 23.8 Å². The number of piperazine rings is 1. The van der Waals surface area contributed by atoms with Crippen molar-refractivity contribution >= 4 is 5.91 Å². The lowest BCUT2D eigenvalue weighted by atomic mass is 10.0. The molecule has 98 valence electrons. The molecule has 1 fully saturated rings. The lowest BCUT2D eigenvalue weighted by Crippen LogP contribution is -2.53. The van der Waals surface area contributed by atoms with Crippen molar-refractivity contribution in [2.24, 2.45) is 0 Å². The molecular weight excluding hydrogens is 232 g/mol. The first kappa shape index (κ1) is 12.7. The number of methoxy groups -OCH3 is 2. The summed E-state index contributed by atoms with van der Waals surface area (Å²) >= 11 is 0. The van der Waals surface area contributed by atoms with Gasteiger partial charge in [0.15, 0.2) is 11.5 Å². The van der Waals surface area contributed by atoms with Crippen LogP contribution in [0.5, 0.6) is 11.5 Å². The van der Waals surface area contributed by atoms with E-state index in [9.17, 15) is 4.79 Å². The van der Waals surface area contributed by atoms with Crippen LogP contribution in [0.4, 0.5) is 0 Å². The largest absolute Gasteiger partial charge is 0.493 e. The van der Waals surface area contributed by atoms with E-state index in [2.05, 4.69) is 10.6 Å². The van der Waals surface area contributed by atoms with E-state index in [1.807, 2.05) is 18.2 Å². The molecule has 1 amide bonds. The molecule has 0 aromatic heterocycles. The first-order chi connectivity index (χ1) is 8.76. The maximum atomic E-state index is 11.7. The van der Waals surface area contributed by atoms with Gasteiger partial charge in [-0.25, -0.2) is 0 Å². The second-order valence-corrected chi connectivity index (χ2v) is 4.15. The lowest BCUT2D eigenvalue weighted by molar-refractivity contribution is -0.124. The van der Waals surface area contributed by atoms with Gasteiger partial charge in [-0.15, -0.1) is 0 Å². The van der Waals surface area contributed by atoms with Crippen molar-refractivity contribution in [1.82, 2.24) is 10.6 Å². The third-order valence-electron chi connectivity index (χ3n) is 3.04. The first-order valence-corrected chi connectivity index (χ1v) is 5.97. The summed E-state index contributed by atoms with van der Waals surface area (Å²) in [5.74, 6) is 1.41. The second kappa shape index (κ2) is 5.73. The zero-order valence-corrected chi connectivity index (χ0v) is 10.7. The van der Waals surface area contributed by atoms with Gasteiger partial charge >= 0.3 is 0 Å². The minimum Gasteiger partial charge on any atom is -0.493 e. The molecule has 5 nitrogen and oxygen atoms in total. The first-order valence-electron chi connectivity index (χ1n) is 5.97. The van der Waals surface area contributed by atoms with Crippen molar-refractivity contribution in [2.75, 3.05) is 27.3 Å². The van der Waals surface area contributed by atoms with Crippen molar-refractivity contribution in [3.63, 3.8) is 0 Å². The van der Waals surface area contributed by atoms with E-state index in [-0.39, 0.29) is 11.9 Å². The molecule has 1 aliphatic heterocycles. The van der Waals surface area contributed by atoms with Crippen molar-refractivity contribution in [1.29, 1.82) is 0 Å². The average Bonchev–Trinajstić information content (AvgIpc) is 2.41. The molecule has 1 aliphatic rings. The Bertz CT molecular complexity index is 434. The number of benzene rings is 1. The van der Waals surface area contributed by atoms with Gasteiger partial charge in [0.2, 0.25) is 5.91 Å². The molecule has 1 heterocycles. The van der Waals surface area contributed by atoms with Crippen LogP contribution in [0.2, 0.25) is 0 Å². The van der Waals surface area contributed by atoms with E-state index in [1.165, 1.54) is 0 Å². The fraction of sp³-hybridized carbons (Fsp3) is 0.462. The molecule has 1 aromatic rings. The van der Waals surface area contributed by atoms with Crippen molar-refractivity contribution < 1.29 is 14.3 Å². The highest BCUT2D eigenvalue weighted by molar-refractivity contribution is 5.83. The van der Waals surface area contributed by atoms with Crippen molar-refractivity contribution in [3.8, 4) is 11.5 Å². The Hall–Kier alpha value is -1.75. The Balaban J connectivity index is 2.20. The molecule has 5 heteroatoms. The minimum absolute atomic E-state index is 0.0334. The summed E-state index contributed by atoms with van der Waals surface area (Å²) in [4.78, 5) is 11.7. The van der Waals surface area contributed by atoms with Crippen LogP contribution >= 0.6 is 0 Å². The maximum Gasteiger partial charge on any atom is 0.237 e. The van der Waals surface area contributed by atoms with Gasteiger partial charge in [0.05, 0.1) is 20.3 Å². The molecule has 0 aliphatic carbocycles. The number of ether oxygens (including phenoxy) is 2. The van der Waals surface area contributed by atoms with Gasteiger partial charge < -0.3 is 20.1 Å². The predicted molar refractivity (Wildman–Crippen MR) is 68.1 cm³/mol. The molecule has 2 N–H and O–H groups in total. The molecule has 0 spiro atoms. The summed E-state index contributed by atoms with van der Waals surface area (Å²) in [6.07, 6.45) is 0.589. The Labute approximate surface area is 106 Å². The number of amides is 1. The Morgan fingerprint density at radius 3 is 2.78 bits per heavy atom. The molecular formula is C13H18N2O3. The molecule has 1 unspecified atom stereocenters. The highest BCUT2D eigenvalue weighted by Crippen LogP contribution is 2.31. The monoisotopic (exact) mass is 250 g/mol. The van der Waals surface area contributed by atoms with Gasteiger partial charge in [-0.3, -0.25) is 4.79 Å². The normalized spacial score (nSPS) is 19.2. The van der Waals surface area contributed by atoms with Crippen LogP contribution in [0.25, 0.3) is 0 Å². The second-order valence-electron chi connectivity index (χ2n) is 4.15. The highest BCUT2D eigenvalue weighted by atomic mass is 16.5. The van der Waals surface area contributed by atoms with E-state index in [4.69, 9.17) is 9.47 Å². The number of hydrogen-bond donors (Lipinski definition) is 2. The zero-order chi connectivity index (χ0) is 13.0. The van der Waals surface area contributed by atoms with Gasteiger partial charge in [0.1, 0.15) is 0 Å². The van der Waals surface area contributed by atoms with E-state index in [1.54, 1.807) is 14.2 Å². The van der Waals surface area contributed by atoms with Crippen LogP contribution in [0.1, 0.15) is 5.56 Å². The van der Waals surface area contributed by atoms with E-state index >= 15 is 0 Å². The quantitative estimate of drug-likeness (QED) is 0.808. The van der Waals surface area contributed by atoms with Crippen LogP contribution in [0, 0.1) is 0 Å². The van der Waals surface area contributed by atoms with Gasteiger partial charge in [-0.2, -0.15) is 0 Å². The van der Waals surface area contributed by atoms with Crippen LogP contribution in [-0.4, -0.2) is 39.3 Å². The number of para-hydroxylation sites is 1. The topological polar surface area (TPSA) is 59.6 Å². The molecule has 18 heavy (non-hydrogen) atoms. The summed E-state index contributed by atoms with van der Waals surface area (Å²) in [5, 5.41) is 6.04. The summed E-state index contributed by atoms with van der Waals surface area (Å²) in [7, 11) is 3.21. The number of hydrogen-bond acceptors (Lipinski definition) is 4. The predicted octanol–water partition coefficient (Wildman–Crippen LogP) is 0.334. The Kier molecular flexibility index (Phi) is 4.04. The van der Waals surface area contributed by atoms with Crippen LogP contribution in [0.3, 0.4) is 0 Å². The highest BCUT2D eigenvalue weighted by Gasteiger charge is 2.23. The van der Waals surface area contributed by atoms with E-state index in [0.717, 1.165) is 12.1 Å². The number of rotatable bonds is 4. The summed E-state index contributed by atoms with van der Waals surface area (Å²) in [6.45, 7) is 1.48. The smallest absolute Gasteiger partial charge is 0.237 e. The Morgan fingerprint density at radius 1 is 1.28 bits per heavy atom. The standard InChI is InChI=1S/C13H18N2O3/c1-17-11-5-3-4-9(12(11)18-2)8-10-13(16)15-7-6-14-10/h3-5,10,14H,6-8H2,1-2H3,(H,15,16). The molecule has 1 atom stereocenters. The summed E-state index contributed by atoms with van der Waals surface area (Å²) in [6, 6.07) is 5.48. The molecule has 0 radical (unpaired) electrons. The molecule has 2 rings (SSSR count). The summed E-state index contributed by atoms with van der Waals surface area (Å²) < 4.78 is 10.6. The SMILES string of the molecule is COc1cccc(CC2NCCNC2=O)c1OC. The average molecular weight is 250 g/mol. The van der Waals surface area contributed by atoms with E-state index < -0.39 is 0 Å². The van der Waals surface area contributed by atoms with Gasteiger partial charge in [0.25, 0.3) is 0 Å². The Morgan fingerprint density at radius 2 is 2.11 bits per heavy atom. The third kappa shape index (κ3) is 2.56. The van der Waals surface area contributed by atoms with Crippen LogP contribution in [-0.2, 0) is 11.2 Å². The van der Waals surface area contributed by atoms with Gasteiger partial charge in [-0.05, 0) is 6.07 Å². The minimum atomic E-state index is -0.209. The maximum absolute atomic E-state index is 11.7. The number of carbonyl (C=O) groups is 1. The molecule has 0 saturated carbocycles. The number of nitrogens with one attached hydrogen (secondary N) is 2. The fourth-order valence-electron chi connectivity index (χ4n) is 2.15. The summed E-state index contributed by atoms with van der Waals surface area (Å²) in [5.41, 5.74) is 0.964. The van der Waals surface area contributed by atoms with Gasteiger partial charge in [0, 0.05) is 25.1 Å². The van der Waals surface area contributed by atoms with Gasteiger partial charge in [-0.1, -0.05) is 12.1 Å². The molecule has 0 bridgehead atoms. The van der Waals surface area contributed by atoms with Crippen molar-refractivity contribution in [2.45, 2.75) is 12.5 Å². The van der Waals surface area contributed by atoms with Crippen LogP contribution in [0.15, 0.2) is 18.2 Å². The fourth-order valence-corrected chi connectivity index (χ4v) is 2.15. The molecule has 1 aromatic carbocycles. The van der Waals surface area contributed by atoms with E-state index in [0.29, 0.717) is 24.5 Å². The van der Waals surface area contributed by atoms with Crippen LogP contribution < -0.4 is 20.1 Å². The third-order valence-corrected chi connectivity index (χ3v) is 3.04. The number of carbonyl (C=O) groups excluding carboxylic acids is 1. The lowest BCUT2D eigenvalue weighted by Gasteiger charge is -2.24.